The standard InChI is InChI=1S/C23H19FN2O3S/c1-3-29-22(28)19-14(2)25-23-26(20(19)16-7-5-4-6-8-16)21(27)18(30-23)13-15-9-11-17(24)12-10-15/h4-13,20H,3H2,1-2H3/b18-13-. The number of aromatic nitrogens is 1. The summed E-state index contributed by atoms with van der Waals surface area (Å²) in [6.07, 6.45) is 1.70. The van der Waals surface area contributed by atoms with E-state index in [9.17, 15) is 14.0 Å². The molecule has 5 nitrogen and oxygen atoms in total. The lowest BCUT2D eigenvalue weighted by Gasteiger charge is -2.24. The number of benzene rings is 2. The zero-order chi connectivity index (χ0) is 21.3. The summed E-state index contributed by atoms with van der Waals surface area (Å²) in [5.41, 5.74) is 2.12. The molecule has 1 aliphatic heterocycles. The molecule has 1 aliphatic rings. The van der Waals surface area contributed by atoms with Gasteiger partial charge in [-0.3, -0.25) is 9.36 Å². The Morgan fingerprint density at radius 3 is 2.57 bits per heavy atom. The van der Waals surface area contributed by atoms with E-state index in [4.69, 9.17) is 4.74 Å². The Morgan fingerprint density at radius 2 is 1.90 bits per heavy atom. The van der Waals surface area contributed by atoms with Crippen LogP contribution in [0.5, 0.6) is 0 Å². The van der Waals surface area contributed by atoms with Crippen molar-refractivity contribution in [1.29, 1.82) is 0 Å². The Morgan fingerprint density at radius 1 is 1.20 bits per heavy atom. The number of halogens is 1. The van der Waals surface area contributed by atoms with Gasteiger partial charge in [0, 0.05) is 0 Å². The van der Waals surface area contributed by atoms with E-state index in [0.29, 0.717) is 26.2 Å². The molecular weight excluding hydrogens is 403 g/mol. The molecule has 4 rings (SSSR count). The van der Waals surface area contributed by atoms with E-state index < -0.39 is 12.0 Å². The molecule has 30 heavy (non-hydrogen) atoms. The van der Waals surface area contributed by atoms with Crippen molar-refractivity contribution in [3.8, 4) is 0 Å². The van der Waals surface area contributed by atoms with Crippen molar-refractivity contribution in [1.82, 2.24) is 4.57 Å². The minimum absolute atomic E-state index is 0.228. The Bertz CT molecular complexity index is 1310. The predicted molar refractivity (Wildman–Crippen MR) is 113 cm³/mol. The summed E-state index contributed by atoms with van der Waals surface area (Å²) in [5.74, 6) is -0.826. The highest BCUT2D eigenvalue weighted by Gasteiger charge is 2.33. The summed E-state index contributed by atoms with van der Waals surface area (Å²) in [5, 5.41) is 0. The minimum atomic E-state index is -0.628. The number of esters is 1. The lowest BCUT2D eigenvalue weighted by atomic mass is 9.96. The van der Waals surface area contributed by atoms with Crippen LogP contribution in [0.1, 0.15) is 31.0 Å². The quantitative estimate of drug-likeness (QED) is 0.608. The zero-order valence-electron chi connectivity index (χ0n) is 16.5. The number of thiazole rings is 1. The van der Waals surface area contributed by atoms with Crippen LogP contribution in [0.25, 0.3) is 6.08 Å². The molecule has 7 heteroatoms. The zero-order valence-corrected chi connectivity index (χ0v) is 17.3. The number of ether oxygens (including phenoxy) is 1. The largest absolute Gasteiger partial charge is 0.463 e. The molecule has 0 radical (unpaired) electrons. The van der Waals surface area contributed by atoms with Gasteiger partial charge in [-0.15, -0.1) is 0 Å². The number of allylic oxidation sites excluding steroid dienone is 1. The van der Waals surface area contributed by atoms with Gasteiger partial charge in [0.15, 0.2) is 4.80 Å². The normalized spacial score (nSPS) is 16.2. The van der Waals surface area contributed by atoms with Crippen molar-refractivity contribution in [2.24, 2.45) is 4.99 Å². The van der Waals surface area contributed by atoms with Crippen molar-refractivity contribution >= 4 is 23.4 Å². The van der Waals surface area contributed by atoms with Crippen LogP contribution in [0.2, 0.25) is 0 Å². The topological polar surface area (TPSA) is 60.7 Å². The second kappa shape index (κ2) is 8.20. The Balaban J connectivity index is 1.94. The van der Waals surface area contributed by atoms with Crippen LogP contribution in [0.3, 0.4) is 0 Å². The van der Waals surface area contributed by atoms with Gasteiger partial charge in [0.2, 0.25) is 0 Å². The summed E-state index contributed by atoms with van der Waals surface area (Å²) in [4.78, 5) is 31.1. The molecule has 0 amide bonds. The predicted octanol–water partition coefficient (Wildman–Crippen LogP) is 2.94. The third-order valence-corrected chi connectivity index (χ3v) is 5.78. The van der Waals surface area contributed by atoms with E-state index in [1.54, 1.807) is 32.1 Å². The number of hydrogen-bond donors (Lipinski definition) is 0. The highest BCUT2D eigenvalue weighted by molar-refractivity contribution is 7.07. The van der Waals surface area contributed by atoms with Gasteiger partial charge in [-0.1, -0.05) is 53.8 Å². The van der Waals surface area contributed by atoms with Gasteiger partial charge in [0.25, 0.3) is 5.56 Å². The average Bonchev–Trinajstić information content (AvgIpc) is 3.04. The molecule has 0 aliphatic carbocycles. The highest BCUT2D eigenvalue weighted by atomic mass is 32.1. The highest BCUT2D eigenvalue weighted by Crippen LogP contribution is 2.30. The molecule has 3 aromatic rings. The van der Waals surface area contributed by atoms with Gasteiger partial charge >= 0.3 is 5.97 Å². The molecule has 0 fully saturated rings. The molecule has 0 saturated heterocycles. The first-order valence-corrected chi connectivity index (χ1v) is 10.3. The number of carbonyl (C=O) groups excluding carboxylic acids is 1. The number of hydrogen-bond acceptors (Lipinski definition) is 5. The molecule has 0 spiro atoms. The van der Waals surface area contributed by atoms with Crippen LogP contribution < -0.4 is 14.9 Å². The van der Waals surface area contributed by atoms with E-state index in [0.717, 1.165) is 5.56 Å². The third kappa shape index (κ3) is 3.64. The average molecular weight is 422 g/mol. The fourth-order valence-corrected chi connectivity index (χ4v) is 4.50. The van der Waals surface area contributed by atoms with E-state index in [2.05, 4.69) is 4.99 Å². The summed E-state index contributed by atoms with van der Waals surface area (Å²) >= 11 is 1.24. The molecule has 0 saturated carbocycles. The molecule has 1 aromatic heterocycles. The molecule has 0 bridgehead atoms. The second-order valence-corrected chi connectivity index (χ2v) is 7.77. The van der Waals surface area contributed by atoms with Crippen molar-refractivity contribution in [3.63, 3.8) is 0 Å². The first kappa shape index (κ1) is 20.0. The molecule has 1 atom stereocenters. The Labute approximate surface area is 176 Å². The fourth-order valence-electron chi connectivity index (χ4n) is 3.45. The van der Waals surface area contributed by atoms with Crippen LogP contribution in [0.4, 0.5) is 4.39 Å². The molecular formula is C23H19FN2O3S. The van der Waals surface area contributed by atoms with E-state index in [1.165, 1.54) is 28.0 Å². The van der Waals surface area contributed by atoms with Gasteiger partial charge < -0.3 is 4.74 Å². The summed E-state index contributed by atoms with van der Waals surface area (Å²) in [6.45, 7) is 3.72. The van der Waals surface area contributed by atoms with Gasteiger partial charge in [-0.05, 0) is 43.2 Å². The number of fused-ring (bicyclic) bond motifs is 1. The van der Waals surface area contributed by atoms with E-state index in [-0.39, 0.29) is 18.0 Å². The van der Waals surface area contributed by atoms with Gasteiger partial charge in [0.05, 0.1) is 28.5 Å². The van der Waals surface area contributed by atoms with Gasteiger partial charge in [0.1, 0.15) is 5.82 Å². The van der Waals surface area contributed by atoms with Gasteiger partial charge in [-0.2, -0.15) is 0 Å². The van der Waals surface area contributed by atoms with Crippen molar-refractivity contribution in [3.05, 3.63) is 102 Å². The first-order chi connectivity index (χ1) is 14.5. The van der Waals surface area contributed by atoms with Crippen LogP contribution in [0, 0.1) is 5.82 Å². The maximum Gasteiger partial charge on any atom is 0.338 e. The lowest BCUT2D eigenvalue weighted by molar-refractivity contribution is -0.139. The molecule has 0 N–H and O–H groups in total. The SMILES string of the molecule is CCOC(=O)C1=C(C)N=c2s/c(=C\c3ccc(F)cc3)c(=O)n2C1c1ccccc1. The monoisotopic (exact) mass is 422 g/mol. The lowest BCUT2D eigenvalue weighted by Crippen LogP contribution is -2.39. The number of nitrogens with zero attached hydrogens (tertiary/aromatic N) is 2. The van der Waals surface area contributed by atoms with Crippen molar-refractivity contribution in [2.75, 3.05) is 6.61 Å². The van der Waals surface area contributed by atoms with Crippen LogP contribution in [-0.4, -0.2) is 17.1 Å². The summed E-state index contributed by atoms with van der Waals surface area (Å²) in [7, 11) is 0. The second-order valence-electron chi connectivity index (χ2n) is 6.76. The third-order valence-electron chi connectivity index (χ3n) is 4.80. The maximum atomic E-state index is 13.3. The van der Waals surface area contributed by atoms with Crippen LogP contribution >= 0.6 is 11.3 Å². The van der Waals surface area contributed by atoms with Crippen LogP contribution in [0.15, 0.2) is 75.7 Å². The molecule has 2 aromatic carbocycles. The molecule has 2 heterocycles. The summed E-state index contributed by atoms with van der Waals surface area (Å²) < 4.78 is 20.5. The Kier molecular flexibility index (Phi) is 5.46. The van der Waals surface area contributed by atoms with E-state index >= 15 is 0 Å². The van der Waals surface area contributed by atoms with E-state index in [1.807, 2.05) is 30.3 Å². The van der Waals surface area contributed by atoms with Crippen molar-refractivity contribution in [2.45, 2.75) is 19.9 Å². The summed E-state index contributed by atoms with van der Waals surface area (Å²) in [6, 6.07) is 14.6. The molecule has 152 valence electrons. The minimum Gasteiger partial charge on any atom is -0.463 e. The number of rotatable bonds is 4. The Hall–Kier alpha value is -3.32. The van der Waals surface area contributed by atoms with Crippen molar-refractivity contribution < 1.29 is 13.9 Å². The maximum absolute atomic E-state index is 13.3. The fraction of sp³-hybridized carbons (Fsp3) is 0.174. The first-order valence-electron chi connectivity index (χ1n) is 9.49. The molecule has 1 unspecified atom stereocenters. The smallest absolute Gasteiger partial charge is 0.338 e. The number of carbonyl (C=O) groups is 1. The van der Waals surface area contributed by atoms with Crippen LogP contribution in [-0.2, 0) is 9.53 Å². The van der Waals surface area contributed by atoms with Gasteiger partial charge in [-0.25, -0.2) is 14.2 Å².